The fourth-order valence-corrected chi connectivity index (χ4v) is 0.888. The second kappa shape index (κ2) is 5.32. The number of methoxy groups -OCH3 is 1. The Kier molecular flexibility index (Phi) is 4.77. The van der Waals surface area contributed by atoms with E-state index in [1.165, 1.54) is 19.3 Å². The van der Waals surface area contributed by atoms with Gasteiger partial charge < -0.3 is 4.74 Å². The van der Waals surface area contributed by atoms with Gasteiger partial charge in [0.25, 0.3) is 5.24 Å². The summed E-state index contributed by atoms with van der Waals surface area (Å²) in [6, 6.07) is 0. The molecule has 0 atom stereocenters. The van der Waals surface area contributed by atoms with Crippen LogP contribution in [0.25, 0.3) is 0 Å². The van der Waals surface area contributed by atoms with Crippen LogP contribution in [0.2, 0.25) is 0 Å². The number of ether oxygens (including phenoxy) is 1. The van der Waals surface area contributed by atoms with Crippen LogP contribution in [0, 0.1) is 0 Å². The molecule has 0 spiro atoms. The number of esters is 1. The normalized spacial score (nSPS) is 11.2. The van der Waals surface area contributed by atoms with Crippen molar-refractivity contribution in [3.63, 3.8) is 0 Å². The maximum atomic E-state index is 11.0. The molecule has 0 aromatic rings. The van der Waals surface area contributed by atoms with Crippen molar-refractivity contribution in [2.75, 3.05) is 7.11 Å². The molecule has 4 heteroatoms. The lowest BCUT2D eigenvalue weighted by atomic mass is 10.1. The van der Waals surface area contributed by atoms with E-state index in [1.54, 1.807) is 0 Å². The van der Waals surface area contributed by atoms with E-state index in [0.29, 0.717) is 0 Å². The summed E-state index contributed by atoms with van der Waals surface area (Å²) in [7, 11) is 1.20. The molecule has 0 fully saturated rings. The van der Waals surface area contributed by atoms with E-state index in [2.05, 4.69) is 17.9 Å². The van der Waals surface area contributed by atoms with Crippen LogP contribution in [-0.4, -0.2) is 18.3 Å². The predicted molar refractivity (Wildman–Crippen MR) is 50.3 cm³/mol. The molecule has 0 aliphatic rings. The van der Waals surface area contributed by atoms with Crippen LogP contribution in [0.15, 0.2) is 36.5 Å². The fraction of sp³-hybridized carbons (Fsp3) is 0.111. The van der Waals surface area contributed by atoms with Crippen LogP contribution >= 0.6 is 11.6 Å². The van der Waals surface area contributed by atoms with Gasteiger partial charge in [-0.2, -0.15) is 0 Å². The second-order valence-corrected chi connectivity index (χ2v) is 2.34. The van der Waals surface area contributed by atoms with Gasteiger partial charge in [-0.3, -0.25) is 4.79 Å². The summed E-state index contributed by atoms with van der Waals surface area (Å²) in [6.07, 6.45) is 2.38. The van der Waals surface area contributed by atoms with Gasteiger partial charge in [0, 0.05) is 5.57 Å². The largest absolute Gasteiger partial charge is 0.465 e. The van der Waals surface area contributed by atoms with Crippen LogP contribution in [0.3, 0.4) is 0 Å². The average molecular weight is 201 g/mol. The van der Waals surface area contributed by atoms with Crippen molar-refractivity contribution < 1.29 is 14.3 Å². The molecule has 0 aromatic heterocycles. The van der Waals surface area contributed by atoms with Crippen LogP contribution in [0.4, 0.5) is 0 Å². The zero-order chi connectivity index (χ0) is 10.4. The molecule has 0 unspecified atom stereocenters. The monoisotopic (exact) mass is 200 g/mol. The van der Waals surface area contributed by atoms with Crippen LogP contribution in [-0.2, 0) is 14.3 Å². The quantitative estimate of drug-likeness (QED) is 0.300. The van der Waals surface area contributed by atoms with Crippen LogP contribution in [0.1, 0.15) is 0 Å². The van der Waals surface area contributed by atoms with E-state index in [9.17, 15) is 9.59 Å². The van der Waals surface area contributed by atoms with Gasteiger partial charge in [0.05, 0.1) is 12.7 Å². The Hall–Kier alpha value is -1.35. The zero-order valence-electron chi connectivity index (χ0n) is 7.17. The Morgan fingerprint density at radius 2 is 1.69 bits per heavy atom. The molecule has 3 nitrogen and oxygen atoms in total. The molecule has 0 saturated carbocycles. The highest BCUT2D eigenvalue weighted by molar-refractivity contribution is 6.68. The first-order valence-corrected chi connectivity index (χ1v) is 3.73. The summed E-state index contributed by atoms with van der Waals surface area (Å²) in [5, 5.41) is -0.768. The molecule has 0 bridgehead atoms. The molecule has 0 rings (SSSR count). The SMILES string of the molecule is C=C/C(C(=O)Cl)=C(\C=C)C(=O)OC. The highest BCUT2D eigenvalue weighted by Gasteiger charge is 2.14. The molecule has 13 heavy (non-hydrogen) atoms. The maximum Gasteiger partial charge on any atom is 0.338 e. The van der Waals surface area contributed by atoms with E-state index in [4.69, 9.17) is 11.6 Å². The van der Waals surface area contributed by atoms with Crippen LogP contribution < -0.4 is 0 Å². The first kappa shape index (κ1) is 11.6. The van der Waals surface area contributed by atoms with Gasteiger partial charge in [-0.15, -0.1) is 0 Å². The van der Waals surface area contributed by atoms with Gasteiger partial charge >= 0.3 is 5.97 Å². The van der Waals surface area contributed by atoms with Crippen molar-refractivity contribution in [3.05, 3.63) is 36.5 Å². The molecular weight excluding hydrogens is 192 g/mol. The van der Waals surface area contributed by atoms with Crippen molar-refractivity contribution >= 4 is 22.8 Å². The zero-order valence-corrected chi connectivity index (χ0v) is 7.93. The number of hydrogen-bond donors (Lipinski definition) is 0. The van der Waals surface area contributed by atoms with Crippen molar-refractivity contribution in [2.45, 2.75) is 0 Å². The molecular formula is C9H9ClO3. The Balaban J connectivity index is 5.29. The second-order valence-electron chi connectivity index (χ2n) is 2.00. The number of hydrogen-bond acceptors (Lipinski definition) is 3. The summed E-state index contributed by atoms with van der Waals surface area (Å²) < 4.78 is 4.41. The molecule has 0 N–H and O–H groups in total. The maximum absolute atomic E-state index is 11.0. The standard InChI is InChI=1S/C9H9ClO3/c1-4-6(8(10)11)7(5-2)9(12)13-3/h4-5H,1-2H2,3H3/b7-6-. The summed E-state index contributed by atoms with van der Waals surface area (Å²) in [5.74, 6) is -0.668. The topological polar surface area (TPSA) is 43.4 Å². The number of halogens is 1. The number of carbonyl (C=O) groups is 2. The summed E-state index contributed by atoms with van der Waals surface area (Å²) in [5.41, 5.74) is 0.000941. The third-order valence-corrected chi connectivity index (χ3v) is 1.52. The van der Waals surface area contributed by atoms with Crippen molar-refractivity contribution in [2.24, 2.45) is 0 Å². The minimum atomic E-state index is -0.768. The molecule has 0 aromatic carbocycles. The number of carbonyl (C=O) groups excluding carboxylic acids is 2. The molecule has 70 valence electrons. The minimum Gasteiger partial charge on any atom is -0.465 e. The summed E-state index contributed by atoms with van der Waals surface area (Å²) in [6.45, 7) is 6.71. The molecule has 0 heterocycles. The Labute approximate surface area is 81.3 Å². The molecule has 0 aliphatic heterocycles. The lowest BCUT2D eigenvalue weighted by molar-refractivity contribution is -0.135. The predicted octanol–water partition coefficient (Wildman–Crippen LogP) is 1.59. The van der Waals surface area contributed by atoms with Crippen molar-refractivity contribution in [1.29, 1.82) is 0 Å². The van der Waals surface area contributed by atoms with Gasteiger partial charge in [-0.05, 0) is 11.6 Å². The average Bonchev–Trinajstić information content (AvgIpc) is 2.12. The summed E-state index contributed by atoms with van der Waals surface area (Å²) in [4.78, 5) is 21.8. The third kappa shape index (κ3) is 2.87. The Morgan fingerprint density at radius 3 is 1.92 bits per heavy atom. The fourth-order valence-electron chi connectivity index (χ4n) is 0.709. The summed E-state index contributed by atoms with van der Waals surface area (Å²) >= 11 is 5.19. The number of allylic oxidation sites excluding steroid dienone is 2. The molecule has 0 saturated heterocycles. The van der Waals surface area contributed by atoms with Crippen molar-refractivity contribution in [1.82, 2.24) is 0 Å². The first-order valence-electron chi connectivity index (χ1n) is 3.35. The van der Waals surface area contributed by atoms with Gasteiger partial charge in [-0.1, -0.05) is 25.3 Å². The van der Waals surface area contributed by atoms with Gasteiger partial charge in [0.1, 0.15) is 0 Å². The lowest BCUT2D eigenvalue weighted by Gasteiger charge is -2.02. The third-order valence-electron chi connectivity index (χ3n) is 1.32. The molecule has 0 aliphatic carbocycles. The Bertz CT molecular complexity index is 289. The van der Waals surface area contributed by atoms with E-state index in [1.807, 2.05) is 0 Å². The Morgan fingerprint density at radius 1 is 1.23 bits per heavy atom. The minimum absolute atomic E-state index is 0.0106. The van der Waals surface area contributed by atoms with Gasteiger partial charge in [-0.25, -0.2) is 4.79 Å². The first-order chi connectivity index (χ1) is 6.08. The van der Waals surface area contributed by atoms with E-state index < -0.39 is 11.2 Å². The van der Waals surface area contributed by atoms with Gasteiger partial charge in [0.15, 0.2) is 0 Å². The highest BCUT2D eigenvalue weighted by atomic mass is 35.5. The van der Waals surface area contributed by atoms with E-state index in [-0.39, 0.29) is 11.1 Å². The number of rotatable bonds is 4. The van der Waals surface area contributed by atoms with E-state index >= 15 is 0 Å². The molecule has 0 radical (unpaired) electrons. The van der Waals surface area contributed by atoms with Crippen LogP contribution in [0.5, 0.6) is 0 Å². The van der Waals surface area contributed by atoms with Crippen molar-refractivity contribution in [3.8, 4) is 0 Å². The highest BCUT2D eigenvalue weighted by Crippen LogP contribution is 2.11. The van der Waals surface area contributed by atoms with E-state index in [0.717, 1.165) is 0 Å². The smallest absolute Gasteiger partial charge is 0.338 e. The lowest BCUT2D eigenvalue weighted by Crippen LogP contribution is -2.07. The van der Waals surface area contributed by atoms with Gasteiger partial charge in [0.2, 0.25) is 0 Å². The molecule has 0 amide bonds.